The number of nitrogens with one attached hydrogen (secondary N) is 2. The van der Waals surface area contributed by atoms with E-state index in [0.29, 0.717) is 18.9 Å². The van der Waals surface area contributed by atoms with Crippen LogP contribution in [-0.2, 0) is 4.79 Å². The Balaban J connectivity index is 0.00000242. The average Bonchev–Trinajstić information content (AvgIpc) is 2.53. The second kappa shape index (κ2) is 10.5. The van der Waals surface area contributed by atoms with Crippen molar-refractivity contribution in [3.8, 4) is 5.75 Å². The van der Waals surface area contributed by atoms with Crippen molar-refractivity contribution in [2.75, 3.05) is 25.5 Å². The molecule has 1 aromatic carbocycles. The van der Waals surface area contributed by atoms with E-state index in [1.165, 1.54) is 32.1 Å². The molecule has 2 N–H and O–H groups in total. The van der Waals surface area contributed by atoms with Crippen molar-refractivity contribution in [3.05, 3.63) is 24.3 Å². The molecule has 0 radical (unpaired) electrons. The summed E-state index contributed by atoms with van der Waals surface area (Å²) in [4.78, 5) is 11.6. The fourth-order valence-corrected chi connectivity index (χ4v) is 2.66. The molecule has 0 saturated heterocycles. The summed E-state index contributed by atoms with van der Waals surface area (Å²) in [6.07, 6.45) is 7.12. The summed E-state index contributed by atoms with van der Waals surface area (Å²) in [5.41, 5.74) is 0.820. The first kappa shape index (κ1) is 18.8. The van der Waals surface area contributed by atoms with Crippen molar-refractivity contribution in [1.82, 2.24) is 5.32 Å². The maximum atomic E-state index is 11.6. The molecule has 22 heavy (non-hydrogen) atoms. The van der Waals surface area contributed by atoms with Crippen molar-refractivity contribution in [3.63, 3.8) is 0 Å². The summed E-state index contributed by atoms with van der Waals surface area (Å²) in [5, 5.41) is 5.84. The van der Waals surface area contributed by atoms with Gasteiger partial charge in [0.25, 0.3) is 0 Å². The normalized spacial score (nSPS) is 15.0. The van der Waals surface area contributed by atoms with E-state index in [1.807, 2.05) is 31.3 Å². The number of amides is 1. The Morgan fingerprint density at radius 1 is 1.18 bits per heavy atom. The Kier molecular flexibility index (Phi) is 8.94. The SMILES string of the molecule is CNCCC(=O)Nc1ccc(OCC2CCCCC2)cc1.Cl. The van der Waals surface area contributed by atoms with Crippen molar-refractivity contribution < 1.29 is 9.53 Å². The van der Waals surface area contributed by atoms with Crippen LogP contribution in [-0.4, -0.2) is 26.1 Å². The van der Waals surface area contributed by atoms with Crippen LogP contribution in [0.5, 0.6) is 5.75 Å². The van der Waals surface area contributed by atoms with Gasteiger partial charge >= 0.3 is 0 Å². The number of rotatable bonds is 7. The first-order chi connectivity index (χ1) is 10.3. The Bertz CT molecular complexity index is 431. The maximum absolute atomic E-state index is 11.6. The summed E-state index contributed by atoms with van der Waals surface area (Å²) >= 11 is 0. The molecule has 1 aliphatic carbocycles. The molecular formula is C17H27ClN2O2. The van der Waals surface area contributed by atoms with Gasteiger partial charge in [-0.05, 0) is 50.1 Å². The second-order valence-corrected chi connectivity index (χ2v) is 5.74. The molecule has 0 aromatic heterocycles. The molecule has 0 heterocycles. The van der Waals surface area contributed by atoms with Crippen molar-refractivity contribution in [2.45, 2.75) is 38.5 Å². The standard InChI is InChI=1S/C17H26N2O2.ClH/c1-18-12-11-17(20)19-15-7-9-16(10-8-15)21-13-14-5-3-2-4-6-14;/h7-10,14,18H,2-6,11-13H2,1H3,(H,19,20);1H. The van der Waals surface area contributed by atoms with Gasteiger partial charge in [-0.2, -0.15) is 0 Å². The molecular weight excluding hydrogens is 300 g/mol. The molecule has 1 fully saturated rings. The second-order valence-electron chi connectivity index (χ2n) is 5.74. The van der Waals surface area contributed by atoms with Gasteiger partial charge in [0.05, 0.1) is 6.61 Å². The van der Waals surface area contributed by atoms with Gasteiger partial charge in [0.15, 0.2) is 0 Å². The van der Waals surface area contributed by atoms with E-state index in [9.17, 15) is 4.79 Å². The molecule has 1 amide bonds. The molecule has 0 spiro atoms. The van der Waals surface area contributed by atoms with Crippen molar-refractivity contribution in [1.29, 1.82) is 0 Å². The zero-order chi connectivity index (χ0) is 14.9. The fourth-order valence-electron chi connectivity index (χ4n) is 2.66. The van der Waals surface area contributed by atoms with E-state index in [-0.39, 0.29) is 18.3 Å². The smallest absolute Gasteiger partial charge is 0.225 e. The molecule has 0 unspecified atom stereocenters. The predicted molar refractivity (Wildman–Crippen MR) is 92.9 cm³/mol. The largest absolute Gasteiger partial charge is 0.493 e. The highest BCUT2D eigenvalue weighted by atomic mass is 35.5. The maximum Gasteiger partial charge on any atom is 0.225 e. The number of anilines is 1. The van der Waals surface area contributed by atoms with Crippen LogP contribution in [0.2, 0.25) is 0 Å². The van der Waals surface area contributed by atoms with Crippen LogP contribution < -0.4 is 15.4 Å². The number of ether oxygens (including phenoxy) is 1. The number of carbonyl (C=O) groups excluding carboxylic acids is 1. The fraction of sp³-hybridized carbons (Fsp3) is 0.588. The van der Waals surface area contributed by atoms with Gasteiger partial charge in [0.2, 0.25) is 5.91 Å². The highest BCUT2D eigenvalue weighted by Gasteiger charge is 2.13. The van der Waals surface area contributed by atoms with E-state index in [4.69, 9.17) is 4.74 Å². The minimum atomic E-state index is 0. The van der Waals surface area contributed by atoms with E-state index in [1.54, 1.807) is 0 Å². The van der Waals surface area contributed by atoms with Crippen LogP contribution in [0.1, 0.15) is 38.5 Å². The number of carbonyl (C=O) groups is 1. The minimum absolute atomic E-state index is 0. The van der Waals surface area contributed by atoms with E-state index in [0.717, 1.165) is 18.0 Å². The first-order valence-corrected chi connectivity index (χ1v) is 7.95. The van der Waals surface area contributed by atoms with Crippen molar-refractivity contribution >= 4 is 24.0 Å². The zero-order valence-electron chi connectivity index (χ0n) is 13.3. The van der Waals surface area contributed by atoms with Gasteiger partial charge in [-0.15, -0.1) is 12.4 Å². The van der Waals surface area contributed by atoms with E-state index >= 15 is 0 Å². The first-order valence-electron chi connectivity index (χ1n) is 7.95. The van der Waals surface area contributed by atoms with Gasteiger partial charge < -0.3 is 15.4 Å². The van der Waals surface area contributed by atoms with Gasteiger partial charge in [0, 0.05) is 18.7 Å². The third kappa shape index (κ3) is 6.67. The van der Waals surface area contributed by atoms with Crippen LogP contribution in [0, 0.1) is 5.92 Å². The third-order valence-electron chi connectivity index (χ3n) is 3.95. The summed E-state index contributed by atoms with van der Waals surface area (Å²) in [6.45, 7) is 1.50. The van der Waals surface area contributed by atoms with Crippen LogP contribution >= 0.6 is 12.4 Å². The molecule has 1 saturated carbocycles. The third-order valence-corrected chi connectivity index (χ3v) is 3.95. The molecule has 124 valence electrons. The zero-order valence-corrected chi connectivity index (χ0v) is 14.1. The number of benzene rings is 1. The summed E-state index contributed by atoms with van der Waals surface area (Å²) in [5.74, 6) is 1.62. The number of hydrogen-bond donors (Lipinski definition) is 2. The molecule has 2 rings (SSSR count). The highest BCUT2D eigenvalue weighted by Crippen LogP contribution is 2.25. The lowest BCUT2D eigenvalue weighted by Crippen LogP contribution is -2.18. The molecule has 4 nitrogen and oxygen atoms in total. The predicted octanol–water partition coefficient (Wildman–Crippen LogP) is 3.62. The molecule has 1 aliphatic rings. The summed E-state index contributed by atoms with van der Waals surface area (Å²) < 4.78 is 5.85. The summed E-state index contributed by atoms with van der Waals surface area (Å²) in [7, 11) is 1.84. The van der Waals surface area contributed by atoms with Crippen LogP contribution in [0.4, 0.5) is 5.69 Å². The van der Waals surface area contributed by atoms with Gasteiger partial charge in [-0.3, -0.25) is 4.79 Å². The van der Waals surface area contributed by atoms with Crippen LogP contribution in [0.25, 0.3) is 0 Å². The lowest BCUT2D eigenvalue weighted by molar-refractivity contribution is -0.116. The topological polar surface area (TPSA) is 50.4 Å². The van der Waals surface area contributed by atoms with Gasteiger partial charge in [-0.1, -0.05) is 19.3 Å². The highest BCUT2D eigenvalue weighted by molar-refractivity contribution is 5.90. The Labute approximate surface area is 139 Å². The van der Waals surface area contributed by atoms with Gasteiger partial charge in [-0.25, -0.2) is 0 Å². The Morgan fingerprint density at radius 2 is 1.86 bits per heavy atom. The molecule has 5 heteroatoms. The van der Waals surface area contributed by atoms with Gasteiger partial charge in [0.1, 0.15) is 5.75 Å². The number of hydrogen-bond acceptors (Lipinski definition) is 3. The minimum Gasteiger partial charge on any atom is -0.493 e. The monoisotopic (exact) mass is 326 g/mol. The van der Waals surface area contributed by atoms with E-state index < -0.39 is 0 Å². The van der Waals surface area contributed by atoms with Crippen LogP contribution in [0.15, 0.2) is 24.3 Å². The Morgan fingerprint density at radius 3 is 2.50 bits per heavy atom. The average molecular weight is 327 g/mol. The number of halogens is 1. The lowest BCUT2D eigenvalue weighted by Gasteiger charge is -2.21. The lowest BCUT2D eigenvalue weighted by atomic mass is 9.90. The Hall–Kier alpha value is -1.26. The molecule has 0 atom stereocenters. The molecule has 1 aromatic rings. The van der Waals surface area contributed by atoms with Crippen molar-refractivity contribution in [2.24, 2.45) is 5.92 Å². The van der Waals surface area contributed by atoms with E-state index in [2.05, 4.69) is 10.6 Å². The molecule has 0 bridgehead atoms. The van der Waals surface area contributed by atoms with Crippen LogP contribution in [0.3, 0.4) is 0 Å². The quantitative estimate of drug-likeness (QED) is 0.804. The summed E-state index contributed by atoms with van der Waals surface area (Å²) in [6, 6.07) is 7.65. The molecule has 0 aliphatic heterocycles.